The number of hydrogen-bond donors (Lipinski definition) is 2. The van der Waals surface area contributed by atoms with Gasteiger partial charge in [0.2, 0.25) is 5.91 Å². The molecule has 1 amide bonds. The molecule has 2 unspecified atom stereocenters. The molecule has 0 radical (unpaired) electrons. The highest BCUT2D eigenvalue weighted by Gasteiger charge is 2.40. The largest absolute Gasteiger partial charge is 0.416 e. The van der Waals surface area contributed by atoms with Crippen LogP contribution in [0.2, 0.25) is 0 Å². The van der Waals surface area contributed by atoms with Crippen molar-refractivity contribution in [3.63, 3.8) is 0 Å². The van der Waals surface area contributed by atoms with Gasteiger partial charge in [0.1, 0.15) is 0 Å². The molecule has 3 N–H and O–H groups in total. The van der Waals surface area contributed by atoms with E-state index in [4.69, 9.17) is 5.73 Å². The minimum atomic E-state index is -4.44. The third-order valence-electron chi connectivity index (χ3n) is 5.38. The Kier molecular flexibility index (Phi) is 6.38. The summed E-state index contributed by atoms with van der Waals surface area (Å²) in [7, 11) is 0. The number of carbonyl (C=O) groups excluding carboxylic acids is 1. The molecule has 0 saturated heterocycles. The Morgan fingerprint density at radius 3 is 2.36 bits per heavy atom. The average Bonchev–Trinajstić information content (AvgIpc) is 2.47. The van der Waals surface area contributed by atoms with E-state index in [0.717, 1.165) is 38.2 Å². The second-order valence-corrected chi connectivity index (χ2v) is 7.11. The highest BCUT2D eigenvalue weighted by atomic mass is 35.5. The number of carbonyl (C=O) groups is 1. The number of halogens is 4. The predicted molar refractivity (Wildman–Crippen MR) is 92.4 cm³/mol. The van der Waals surface area contributed by atoms with Crippen molar-refractivity contribution >= 4 is 18.3 Å². The zero-order valence-corrected chi connectivity index (χ0v) is 14.7. The molecule has 0 heterocycles. The van der Waals surface area contributed by atoms with Gasteiger partial charge in [0, 0.05) is 12.1 Å². The molecule has 7 heteroatoms. The minimum absolute atomic E-state index is 0. The van der Waals surface area contributed by atoms with E-state index in [0.29, 0.717) is 11.8 Å². The molecule has 0 spiro atoms. The van der Waals surface area contributed by atoms with E-state index in [1.54, 1.807) is 0 Å². The summed E-state index contributed by atoms with van der Waals surface area (Å²) < 4.78 is 39.1. The molecule has 0 aromatic heterocycles. The van der Waals surface area contributed by atoms with Gasteiger partial charge in [-0.2, -0.15) is 13.2 Å². The predicted octanol–water partition coefficient (Wildman–Crippen LogP) is 3.69. The lowest BCUT2D eigenvalue weighted by Gasteiger charge is -2.45. The Morgan fingerprint density at radius 2 is 1.76 bits per heavy atom. The molecule has 2 atom stereocenters. The first-order valence-electron chi connectivity index (χ1n) is 8.54. The van der Waals surface area contributed by atoms with Crippen LogP contribution in [-0.4, -0.2) is 18.0 Å². The molecule has 25 heavy (non-hydrogen) atoms. The summed E-state index contributed by atoms with van der Waals surface area (Å²) in [5.41, 5.74) is 5.37. The minimum Gasteiger partial charge on any atom is -0.353 e. The van der Waals surface area contributed by atoms with Crippen LogP contribution in [0.25, 0.3) is 0 Å². The summed E-state index contributed by atoms with van der Waals surface area (Å²) in [6, 6.07) is 5.52. The molecule has 0 aliphatic heterocycles. The van der Waals surface area contributed by atoms with Gasteiger partial charge in [-0.05, 0) is 49.1 Å². The Balaban J connectivity index is 0.00000225. The van der Waals surface area contributed by atoms with Gasteiger partial charge in [-0.15, -0.1) is 12.4 Å². The van der Waals surface area contributed by atoms with Gasteiger partial charge in [0.15, 0.2) is 0 Å². The first-order valence-corrected chi connectivity index (χ1v) is 8.54. The van der Waals surface area contributed by atoms with E-state index in [-0.39, 0.29) is 42.4 Å². The molecule has 2 bridgehead atoms. The summed E-state index contributed by atoms with van der Waals surface area (Å²) in [6.45, 7) is 0. The number of benzene rings is 1. The van der Waals surface area contributed by atoms with Crippen LogP contribution >= 0.6 is 12.4 Å². The third kappa shape index (κ3) is 4.67. The van der Waals surface area contributed by atoms with Crippen molar-refractivity contribution in [3.8, 4) is 0 Å². The highest BCUT2D eigenvalue weighted by Crippen LogP contribution is 2.39. The summed E-state index contributed by atoms with van der Waals surface area (Å²) in [5, 5.41) is 3.01. The monoisotopic (exact) mass is 376 g/mol. The van der Waals surface area contributed by atoms with Gasteiger partial charge in [0.25, 0.3) is 0 Å². The van der Waals surface area contributed by atoms with Crippen LogP contribution in [-0.2, 0) is 17.4 Å². The van der Waals surface area contributed by atoms with Crippen molar-refractivity contribution in [2.45, 2.75) is 56.8 Å². The van der Waals surface area contributed by atoms with Gasteiger partial charge >= 0.3 is 6.18 Å². The van der Waals surface area contributed by atoms with Crippen LogP contribution in [0.3, 0.4) is 0 Å². The van der Waals surface area contributed by atoms with Gasteiger partial charge in [-0.3, -0.25) is 4.79 Å². The summed E-state index contributed by atoms with van der Waals surface area (Å²) in [5.74, 6) is 0.382. The Morgan fingerprint density at radius 1 is 1.16 bits per heavy atom. The van der Waals surface area contributed by atoms with Crippen LogP contribution in [0.5, 0.6) is 0 Å². The fourth-order valence-corrected chi connectivity index (χ4v) is 4.39. The van der Waals surface area contributed by atoms with Gasteiger partial charge in [0.05, 0.1) is 12.0 Å². The first-order chi connectivity index (χ1) is 11.3. The maximum absolute atomic E-state index is 13.0. The van der Waals surface area contributed by atoms with Crippen molar-refractivity contribution in [2.75, 3.05) is 0 Å². The number of fused-ring (bicyclic) bond motifs is 2. The molecule has 3 nitrogen and oxygen atoms in total. The van der Waals surface area contributed by atoms with E-state index in [9.17, 15) is 18.0 Å². The van der Waals surface area contributed by atoms with Gasteiger partial charge < -0.3 is 11.1 Å². The van der Waals surface area contributed by atoms with E-state index < -0.39 is 11.7 Å². The van der Waals surface area contributed by atoms with E-state index in [2.05, 4.69) is 5.32 Å². The fraction of sp³-hybridized carbons (Fsp3) is 0.611. The first kappa shape index (κ1) is 20.0. The second-order valence-electron chi connectivity index (χ2n) is 7.11. The van der Waals surface area contributed by atoms with Crippen LogP contribution in [0.1, 0.15) is 43.2 Å². The van der Waals surface area contributed by atoms with Gasteiger partial charge in [-0.25, -0.2) is 0 Å². The van der Waals surface area contributed by atoms with Crippen LogP contribution in [0.4, 0.5) is 13.2 Å². The molecule has 140 valence electrons. The van der Waals surface area contributed by atoms with Crippen molar-refractivity contribution < 1.29 is 18.0 Å². The molecule has 2 aliphatic rings. The van der Waals surface area contributed by atoms with Crippen molar-refractivity contribution in [2.24, 2.45) is 17.6 Å². The normalized spacial score (nSPS) is 28.8. The molecular formula is C18H24ClF3N2O. The fourth-order valence-electron chi connectivity index (χ4n) is 4.39. The standard InChI is InChI=1S/C18H23F3N2O.ClH/c19-18(20,21)15-7-2-1-4-11(15)10-16(24)23-17-12-5-3-6-13(17)9-14(22)8-12;/h1-2,4,7,12-14,17H,3,5-6,8-10,22H2,(H,23,24);1H. The smallest absolute Gasteiger partial charge is 0.353 e. The second kappa shape index (κ2) is 7.96. The molecule has 2 aliphatic carbocycles. The number of hydrogen-bond acceptors (Lipinski definition) is 2. The maximum Gasteiger partial charge on any atom is 0.416 e. The van der Waals surface area contributed by atoms with E-state index in [1.807, 2.05) is 0 Å². The van der Waals surface area contributed by atoms with Crippen LogP contribution in [0, 0.1) is 11.8 Å². The average molecular weight is 377 g/mol. The van der Waals surface area contributed by atoms with E-state index in [1.165, 1.54) is 18.2 Å². The number of nitrogens with one attached hydrogen (secondary N) is 1. The molecule has 3 rings (SSSR count). The number of rotatable bonds is 3. The van der Waals surface area contributed by atoms with Gasteiger partial charge in [-0.1, -0.05) is 24.6 Å². The summed E-state index contributed by atoms with van der Waals surface area (Å²) in [6.07, 6.45) is 0.317. The zero-order valence-electron chi connectivity index (χ0n) is 13.9. The molecule has 1 aromatic rings. The van der Waals surface area contributed by atoms with Crippen LogP contribution < -0.4 is 11.1 Å². The SMILES string of the molecule is Cl.NC1CC2CCCC(C1)C2NC(=O)Cc1ccccc1C(F)(F)F. The van der Waals surface area contributed by atoms with Crippen molar-refractivity contribution in [1.29, 1.82) is 0 Å². The maximum atomic E-state index is 13.0. The molecule has 1 aromatic carbocycles. The number of amides is 1. The Hall–Kier alpha value is -1.27. The molecule has 2 saturated carbocycles. The van der Waals surface area contributed by atoms with Crippen LogP contribution in [0.15, 0.2) is 24.3 Å². The summed E-state index contributed by atoms with van der Waals surface area (Å²) >= 11 is 0. The highest BCUT2D eigenvalue weighted by molar-refractivity contribution is 5.85. The Bertz CT molecular complexity index is 594. The lowest BCUT2D eigenvalue weighted by molar-refractivity contribution is -0.138. The number of nitrogens with two attached hydrogens (primary N) is 1. The Labute approximate surface area is 152 Å². The van der Waals surface area contributed by atoms with Crippen molar-refractivity contribution in [3.05, 3.63) is 35.4 Å². The lowest BCUT2D eigenvalue weighted by Crippen LogP contribution is -2.54. The zero-order chi connectivity index (χ0) is 17.3. The number of alkyl halides is 3. The topological polar surface area (TPSA) is 55.1 Å². The van der Waals surface area contributed by atoms with Crippen molar-refractivity contribution in [1.82, 2.24) is 5.32 Å². The third-order valence-corrected chi connectivity index (χ3v) is 5.38. The molecule has 2 fully saturated rings. The lowest BCUT2D eigenvalue weighted by atomic mass is 9.67. The summed E-state index contributed by atoms with van der Waals surface area (Å²) in [4.78, 5) is 12.4. The van der Waals surface area contributed by atoms with E-state index >= 15 is 0 Å². The quantitative estimate of drug-likeness (QED) is 0.845. The molecular weight excluding hydrogens is 353 g/mol.